The van der Waals surface area contributed by atoms with Gasteiger partial charge in [0.25, 0.3) is 0 Å². The van der Waals surface area contributed by atoms with E-state index in [-0.39, 0.29) is 0 Å². The second-order valence-corrected chi connectivity index (χ2v) is 3.99. The highest BCUT2D eigenvalue weighted by molar-refractivity contribution is 7.30. The molecule has 0 aliphatic heterocycles. The first-order valence-electron chi connectivity index (χ1n) is 4.82. The Morgan fingerprint density at radius 3 is 2.19 bits per heavy atom. The predicted molar refractivity (Wildman–Crippen MR) is 65.5 cm³/mol. The number of aryl methyl sites for hydroxylation is 2. The maximum absolute atomic E-state index is 8.70. The van der Waals surface area contributed by atoms with Crippen molar-refractivity contribution in [3.05, 3.63) is 47.5 Å². The van der Waals surface area contributed by atoms with Gasteiger partial charge in [-0.15, -0.1) is 9.79 Å². The molecule has 0 saturated carbocycles. The minimum absolute atomic E-state index is 1.33. The smallest absolute Gasteiger partial charge is 0.134 e. The third kappa shape index (κ3) is 3.38. The van der Waals surface area contributed by atoms with Crippen LogP contribution in [0.4, 0.5) is 0 Å². The molecule has 0 amide bonds. The Bertz CT molecular complexity index is 505. The monoisotopic (exact) mass is 237 g/mol. The second kappa shape index (κ2) is 5.71. The van der Waals surface area contributed by atoms with E-state index in [1.165, 1.54) is 21.9 Å². The minimum atomic E-state index is -2.87. The van der Waals surface area contributed by atoms with E-state index in [4.69, 9.17) is 14.4 Å². The fraction of sp³-hybridized carbons (Fsp3) is 0.167. The van der Waals surface area contributed by atoms with Crippen molar-refractivity contribution < 1.29 is 14.4 Å². The third-order valence-corrected chi connectivity index (χ3v) is 2.47. The second-order valence-electron chi connectivity index (χ2n) is 3.48. The summed E-state index contributed by atoms with van der Waals surface area (Å²) in [5.74, 6) is 0. The van der Waals surface area contributed by atoms with Crippen LogP contribution in [0, 0.1) is 13.8 Å². The summed E-state index contributed by atoms with van der Waals surface area (Å²) >= 11 is 0. The maximum atomic E-state index is 8.70. The molecule has 0 heterocycles. The first kappa shape index (κ1) is 12.8. The van der Waals surface area contributed by atoms with Gasteiger partial charge in [-0.05, 0) is 35.7 Å². The molecule has 16 heavy (non-hydrogen) atoms. The standard InChI is InChI=1S/C12H12.HO3P/c1-9-7-8-11-5-3-4-6-12(11)10(9)2;1-4(2)3/h3-8H,1-2H3;(H-,1,2,3)/p+1. The first-order chi connectivity index (χ1) is 7.52. The van der Waals surface area contributed by atoms with Gasteiger partial charge in [-0.25, -0.2) is 0 Å². The number of hydrogen-bond acceptors (Lipinski definition) is 1. The molecule has 0 aromatic heterocycles. The van der Waals surface area contributed by atoms with Gasteiger partial charge in [-0.1, -0.05) is 36.4 Å². The van der Waals surface area contributed by atoms with Gasteiger partial charge in [0.15, 0.2) is 0 Å². The van der Waals surface area contributed by atoms with Gasteiger partial charge in [0.05, 0.1) is 0 Å². The van der Waals surface area contributed by atoms with Crippen molar-refractivity contribution in [2.75, 3.05) is 0 Å². The predicted octanol–water partition coefficient (Wildman–Crippen LogP) is 3.09. The van der Waals surface area contributed by atoms with Crippen molar-refractivity contribution in [2.45, 2.75) is 13.8 Å². The lowest BCUT2D eigenvalue weighted by molar-refractivity contribution is 0.405. The molecular formula is C12H14O3P+. The van der Waals surface area contributed by atoms with Crippen molar-refractivity contribution in [1.29, 1.82) is 0 Å². The lowest BCUT2D eigenvalue weighted by atomic mass is 10.0. The average Bonchev–Trinajstić information content (AvgIpc) is 2.23. The zero-order valence-electron chi connectivity index (χ0n) is 9.21. The summed E-state index contributed by atoms with van der Waals surface area (Å²) in [5, 5.41) is 2.71. The molecule has 0 unspecified atom stereocenters. The third-order valence-electron chi connectivity index (χ3n) is 2.47. The maximum Gasteiger partial charge on any atom is 0.692 e. The molecule has 0 atom stereocenters. The average molecular weight is 237 g/mol. The number of fused-ring (bicyclic) bond motifs is 1. The van der Waals surface area contributed by atoms with Crippen molar-refractivity contribution in [1.82, 2.24) is 0 Å². The molecule has 0 aliphatic carbocycles. The molecule has 0 saturated heterocycles. The summed E-state index contributed by atoms with van der Waals surface area (Å²) in [4.78, 5) is 14.2. The Kier molecular flexibility index (Phi) is 4.56. The van der Waals surface area contributed by atoms with E-state index in [0.717, 1.165) is 0 Å². The van der Waals surface area contributed by atoms with Gasteiger partial charge in [-0.2, -0.15) is 0 Å². The summed E-state index contributed by atoms with van der Waals surface area (Å²) in [6, 6.07) is 12.9. The van der Waals surface area contributed by atoms with Gasteiger partial charge < -0.3 is 0 Å². The van der Waals surface area contributed by atoms with Crippen molar-refractivity contribution in [3.63, 3.8) is 0 Å². The van der Waals surface area contributed by atoms with Gasteiger partial charge in [0.1, 0.15) is 0 Å². The quantitative estimate of drug-likeness (QED) is 0.692. The fourth-order valence-electron chi connectivity index (χ4n) is 1.54. The summed E-state index contributed by atoms with van der Waals surface area (Å²) in [6.45, 7) is 4.33. The number of rotatable bonds is 0. The van der Waals surface area contributed by atoms with Crippen LogP contribution in [0.5, 0.6) is 0 Å². The van der Waals surface area contributed by atoms with E-state index in [1.54, 1.807) is 0 Å². The van der Waals surface area contributed by atoms with Crippen molar-refractivity contribution in [2.24, 2.45) is 0 Å². The molecule has 0 fully saturated rings. The highest BCUT2D eigenvalue weighted by Gasteiger charge is 1.97. The van der Waals surface area contributed by atoms with Crippen LogP contribution in [0.1, 0.15) is 11.1 Å². The van der Waals surface area contributed by atoms with Crippen LogP contribution in [0.2, 0.25) is 0 Å². The SMILES string of the molecule is Cc1ccc2ccccc2c1C.O=[P+](O)O. The van der Waals surface area contributed by atoms with E-state index in [1.807, 2.05) is 0 Å². The van der Waals surface area contributed by atoms with E-state index >= 15 is 0 Å². The molecule has 2 aromatic rings. The van der Waals surface area contributed by atoms with Crippen molar-refractivity contribution in [3.8, 4) is 0 Å². The molecule has 0 bridgehead atoms. The highest BCUT2D eigenvalue weighted by Crippen LogP contribution is 2.20. The van der Waals surface area contributed by atoms with Crippen LogP contribution in [0.3, 0.4) is 0 Å². The zero-order valence-corrected chi connectivity index (χ0v) is 10.1. The zero-order chi connectivity index (χ0) is 12.1. The molecule has 2 aromatic carbocycles. The molecular weight excluding hydrogens is 223 g/mol. The van der Waals surface area contributed by atoms with E-state index < -0.39 is 8.25 Å². The Balaban J connectivity index is 0.000000280. The van der Waals surface area contributed by atoms with Crippen LogP contribution in [0.15, 0.2) is 36.4 Å². The van der Waals surface area contributed by atoms with Gasteiger partial charge >= 0.3 is 8.25 Å². The Hall–Kier alpha value is -1.28. The van der Waals surface area contributed by atoms with Crippen LogP contribution < -0.4 is 0 Å². The lowest BCUT2D eigenvalue weighted by Gasteiger charge is -2.04. The Labute approximate surface area is 95.3 Å². The number of hydrogen-bond donors (Lipinski definition) is 2. The summed E-state index contributed by atoms with van der Waals surface area (Å²) in [7, 11) is -2.87. The van der Waals surface area contributed by atoms with Crippen molar-refractivity contribution >= 4 is 19.0 Å². The molecule has 0 aliphatic rings. The van der Waals surface area contributed by atoms with E-state index in [2.05, 4.69) is 50.2 Å². The molecule has 3 nitrogen and oxygen atoms in total. The Morgan fingerprint density at radius 1 is 1.00 bits per heavy atom. The van der Waals surface area contributed by atoms with Crippen LogP contribution in [-0.4, -0.2) is 9.79 Å². The van der Waals surface area contributed by atoms with Gasteiger partial charge in [0.2, 0.25) is 0 Å². The molecule has 84 valence electrons. The summed E-state index contributed by atoms with van der Waals surface area (Å²) in [6.07, 6.45) is 0. The van der Waals surface area contributed by atoms with E-state index in [9.17, 15) is 0 Å². The van der Waals surface area contributed by atoms with Crippen LogP contribution >= 0.6 is 8.25 Å². The highest BCUT2D eigenvalue weighted by atomic mass is 31.1. The lowest BCUT2D eigenvalue weighted by Crippen LogP contribution is -1.82. The molecule has 0 spiro atoms. The minimum Gasteiger partial charge on any atom is -0.134 e. The normalized spacial score (nSPS) is 9.50. The molecule has 4 heteroatoms. The fourth-order valence-corrected chi connectivity index (χ4v) is 1.54. The Morgan fingerprint density at radius 2 is 1.56 bits per heavy atom. The molecule has 0 radical (unpaired) electrons. The molecule has 2 rings (SSSR count). The number of benzene rings is 2. The summed E-state index contributed by atoms with van der Waals surface area (Å²) in [5.41, 5.74) is 2.77. The van der Waals surface area contributed by atoms with Crippen LogP contribution in [-0.2, 0) is 4.57 Å². The molecule has 2 N–H and O–H groups in total. The van der Waals surface area contributed by atoms with E-state index in [0.29, 0.717) is 0 Å². The first-order valence-corrected chi connectivity index (χ1v) is 5.99. The summed E-state index contributed by atoms with van der Waals surface area (Å²) < 4.78 is 8.70. The largest absolute Gasteiger partial charge is 0.692 e. The van der Waals surface area contributed by atoms with Crippen LogP contribution in [0.25, 0.3) is 10.8 Å². The van der Waals surface area contributed by atoms with Gasteiger partial charge in [0, 0.05) is 4.57 Å². The van der Waals surface area contributed by atoms with Gasteiger partial charge in [-0.3, -0.25) is 0 Å². The topological polar surface area (TPSA) is 57.5 Å².